The van der Waals surface area contributed by atoms with Crippen LogP contribution in [0.1, 0.15) is 63.6 Å². The van der Waals surface area contributed by atoms with Crippen molar-refractivity contribution < 1.29 is 22.9 Å². The number of amides is 1. The maximum absolute atomic E-state index is 13.6. The molecule has 3 rings (SSSR count). The van der Waals surface area contributed by atoms with Crippen LogP contribution < -0.4 is 14.4 Å². The van der Waals surface area contributed by atoms with Gasteiger partial charge in [-0.1, -0.05) is 45.0 Å². The first-order valence-electron chi connectivity index (χ1n) is 11.8. The number of benzene rings is 2. The molecule has 0 saturated heterocycles. The first-order chi connectivity index (χ1) is 16.5. The summed E-state index contributed by atoms with van der Waals surface area (Å²) in [5.74, 6) is 0.238. The van der Waals surface area contributed by atoms with Crippen LogP contribution in [0.3, 0.4) is 0 Å². The largest absolute Gasteiger partial charge is 0.487 e. The first-order valence-corrected chi connectivity index (χ1v) is 13.6. The zero-order valence-electron chi connectivity index (χ0n) is 20.8. The van der Waals surface area contributed by atoms with Gasteiger partial charge < -0.3 is 10.1 Å². The summed E-state index contributed by atoms with van der Waals surface area (Å²) in [7, 11) is -3.95. The smallest absolute Gasteiger partial charge is 0.271 e. The Morgan fingerprint density at radius 2 is 1.89 bits per heavy atom. The van der Waals surface area contributed by atoms with E-state index in [4.69, 9.17) is 4.74 Å². The highest BCUT2D eigenvalue weighted by atomic mass is 32.2. The van der Waals surface area contributed by atoms with Gasteiger partial charge in [0.25, 0.3) is 5.69 Å². The van der Waals surface area contributed by atoms with Gasteiger partial charge in [0.2, 0.25) is 15.9 Å². The molecule has 0 aromatic heterocycles. The highest BCUT2D eigenvalue weighted by Gasteiger charge is 2.41. The number of hydrogen-bond acceptors (Lipinski definition) is 6. The van der Waals surface area contributed by atoms with Crippen LogP contribution in [-0.2, 0) is 14.8 Å². The van der Waals surface area contributed by atoms with E-state index in [1.54, 1.807) is 13.8 Å². The topological polar surface area (TPSA) is 119 Å². The summed E-state index contributed by atoms with van der Waals surface area (Å²) in [6.07, 6.45) is 3.24. The van der Waals surface area contributed by atoms with E-state index in [9.17, 15) is 23.3 Å². The van der Waals surface area contributed by atoms with E-state index in [1.807, 2.05) is 38.1 Å². The van der Waals surface area contributed by atoms with Gasteiger partial charge in [0.05, 0.1) is 22.9 Å². The molecule has 2 aromatic carbocycles. The van der Waals surface area contributed by atoms with Crippen LogP contribution in [0.25, 0.3) is 0 Å². The number of nitro benzene ring substituents is 1. The van der Waals surface area contributed by atoms with Gasteiger partial charge in [0.15, 0.2) is 0 Å². The summed E-state index contributed by atoms with van der Waals surface area (Å²) in [5.41, 5.74) is 0.780. The molecule has 0 spiro atoms. The van der Waals surface area contributed by atoms with Crippen molar-refractivity contribution in [1.29, 1.82) is 0 Å². The predicted molar refractivity (Wildman–Crippen MR) is 135 cm³/mol. The minimum Gasteiger partial charge on any atom is -0.487 e. The SMILES string of the molecule is CC[C@@H](C(=O)N[C@@H]1CC(CC)(CC)Oc2ccccc21)N(c1cc([N+](=O)[O-])ccc1C)S(C)(=O)=O. The summed E-state index contributed by atoms with van der Waals surface area (Å²) in [4.78, 5) is 24.4. The van der Waals surface area contributed by atoms with Crippen LogP contribution in [0.2, 0.25) is 0 Å². The summed E-state index contributed by atoms with van der Waals surface area (Å²) in [6.45, 7) is 7.46. The maximum Gasteiger partial charge on any atom is 0.271 e. The van der Waals surface area contributed by atoms with E-state index >= 15 is 0 Å². The molecule has 1 aliphatic heterocycles. The normalized spacial score (nSPS) is 17.6. The van der Waals surface area contributed by atoms with Gasteiger partial charge in [0, 0.05) is 24.1 Å². The number of nitro groups is 1. The number of nitrogens with zero attached hydrogens (tertiary/aromatic N) is 2. The third kappa shape index (κ3) is 5.42. The monoisotopic (exact) mass is 503 g/mol. The van der Waals surface area contributed by atoms with Crippen molar-refractivity contribution in [1.82, 2.24) is 5.32 Å². The molecule has 0 fully saturated rings. The lowest BCUT2D eigenvalue weighted by Gasteiger charge is -2.42. The minimum absolute atomic E-state index is 0.118. The van der Waals surface area contributed by atoms with Gasteiger partial charge in [-0.3, -0.25) is 19.2 Å². The van der Waals surface area contributed by atoms with Crippen molar-refractivity contribution in [2.75, 3.05) is 10.6 Å². The van der Waals surface area contributed by atoms with Crippen LogP contribution in [0, 0.1) is 17.0 Å². The average molecular weight is 504 g/mol. The molecule has 1 amide bonds. The number of non-ortho nitro benzene ring substituents is 1. The van der Waals surface area contributed by atoms with E-state index in [0.717, 1.165) is 29.0 Å². The Labute approximate surface area is 206 Å². The van der Waals surface area contributed by atoms with Crippen molar-refractivity contribution in [3.8, 4) is 5.75 Å². The van der Waals surface area contributed by atoms with Crippen molar-refractivity contribution in [2.24, 2.45) is 0 Å². The molecule has 1 aliphatic rings. The Hall–Kier alpha value is -3.14. The van der Waals surface area contributed by atoms with Crippen LogP contribution in [-0.4, -0.2) is 37.1 Å². The second-order valence-corrected chi connectivity index (χ2v) is 10.9. The molecule has 35 heavy (non-hydrogen) atoms. The summed E-state index contributed by atoms with van der Waals surface area (Å²) in [6, 6.07) is 10.1. The highest BCUT2D eigenvalue weighted by molar-refractivity contribution is 7.92. The molecule has 190 valence electrons. The Bertz CT molecular complexity index is 1210. The molecule has 9 nitrogen and oxygen atoms in total. The van der Waals surface area contributed by atoms with E-state index < -0.39 is 32.5 Å². The molecule has 10 heteroatoms. The molecule has 0 aliphatic carbocycles. The molecule has 0 unspecified atom stereocenters. The number of anilines is 1. The van der Waals surface area contributed by atoms with Crippen molar-refractivity contribution >= 4 is 27.3 Å². The van der Waals surface area contributed by atoms with Gasteiger partial charge in [0.1, 0.15) is 17.4 Å². The number of hydrogen-bond donors (Lipinski definition) is 1. The Morgan fingerprint density at radius 1 is 1.23 bits per heavy atom. The highest BCUT2D eigenvalue weighted by Crippen LogP contribution is 2.43. The fourth-order valence-corrected chi connectivity index (χ4v) is 5.94. The molecule has 0 bridgehead atoms. The van der Waals surface area contributed by atoms with Crippen molar-refractivity contribution in [3.05, 3.63) is 63.7 Å². The fraction of sp³-hybridized carbons (Fsp3) is 0.480. The predicted octanol–water partition coefficient (Wildman–Crippen LogP) is 4.65. The molecule has 1 N–H and O–H groups in total. The van der Waals surface area contributed by atoms with Crippen LogP contribution in [0.4, 0.5) is 11.4 Å². The molecule has 1 heterocycles. The number of ether oxygens (including phenoxy) is 1. The van der Waals surface area contributed by atoms with Gasteiger partial charge in [-0.15, -0.1) is 0 Å². The first kappa shape index (κ1) is 26.5. The zero-order valence-corrected chi connectivity index (χ0v) is 21.6. The summed E-state index contributed by atoms with van der Waals surface area (Å²) >= 11 is 0. The molecule has 2 aromatic rings. The Balaban J connectivity index is 2.02. The summed E-state index contributed by atoms with van der Waals surface area (Å²) < 4.78 is 33.1. The lowest BCUT2D eigenvalue weighted by Crippen LogP contribution is -2.52. The molecule has 2 atom stereocenters. The van der Waals surface area contributed by atoms with Crippen LogP contribution in [0.15, 0.2) is 42.5 Å². The van der Waals surface area contributed by atoms with Crippen molar-refractivity contribution in [2.45, 2.75) is 71.1 Å². The van der Waals surface area contributed by atoms with Crippen molar-refractivity contribution in [3.63, 3.8) is 0 Å². The lowest BCUT2D eigenvalue weighted by molar-refractivity contribution is -0.384. The summed E-state index contributed by atoms with van der Waals surface area (Å²) in [5, 5.41) is 14.4. The van der Waals surface area contributed by atoms with Crippen LogP contribution in [0.5, 0.6) is 5.75 Å². The Kier molecular flexibility index (Phi) is 7.74. The fourth-order valence-electron chi connectivity index (χ4n) is 4.68. The zero-order chi connectivity index (χ0) is 26.0. The molecular formula is C25H33N3O6S. The number of fused-ring (bicyclic) bond motifs is 1. The van der Waals surface area contributed by atoms with E-state index in [2.05, 4.69) is 5.32 Å². The van der Waals surface area contributed by atoms with Gasteiger partial charge in [-0.05, 0) is 37.8 Å². The molecular weight excluding hydrogens is 470 g/mol. The Morgan fingerprint density at radius 3 is 2.46 bits per heavy atom. The van der Waals surface area contributed by atoms with Gasteiger partial charge in [-0.25, -0.2) is 8.42 Å². The number of nitrogens with one attached hydrogen (secondary N) is 1. The number of rotatable bonds is 9. The van der Waals surface area contributed by atoms with Crippen LogP contribution >= 0.6 is 0 Å². The number of aryl methyl sites for hydroxylation is 1. The number of carbonyl (C=O) groups is 1. The van der Waals surface area contributed by atoms with E-state index in [-0.39, 0.29) is 23.8 Å². The van der Waals surface area contributed by atoms with Gasteiger partial charge >= 0.3 is 0 Å². The van der Waals surface area contributed by atoms with E-state index in [1.165, 1.54) is 18.2 Å². The molecule has 0 saturated carbocycles. The third-order valence-electron chi connectivity index (χ3n) is 6.77. The third-order valence-corrected chi connectivity index (χ3v) is 7.94. The standard InChI is InChI=1S/C25H33N3O6S/c1-6-21(27(35(5,32)33)22-15-18(28(30)31)14-13-17(22)4)24(29)26-20-16-25(7-2,8-3)34-23-12-10-9-11-19(20)23/h9-15,20-21H,6-8,16H2,1-5H3,(H,26,29)/t20-,21+/m1/s1. The average Bonchev–Trinajstić information content (AvgIpc) is 2.81. The van der Waals surface area contributed by atoms with Gasteiger partial charge in [-0.2, -0.15) is 0 Å². The second kappa shape index (κ2) is 10.2. The maximum atomic E-state index is 13.6. The number of para-hydroxylation sites is 1. The molecule has 0 radical (unpaired) electrons. The quantitative estimate of drug-likeness (QED) is 0.393. The lowest BCUT2D eigenvalue weighted by atomic mass is 9.83. The van der Waals surface area contributed by atoms with E-state index in [0.29, 0.717) is 17.7 Å². The number of carbonyl (C=O) groups excluding carboxylic acids is 1. The second-order valence-electron chi connectivity index (χ2n) is 9.01. The minimum atomic E-state index is -3.95. The number of sulfonamides is 1.